The highest BCUT2D eigenvalue weighted by atomic mass is 32.1. The number of rotatable bonds is 5. The molecule has 0 fully saturated rings. The largest absolute Gasteiger partial charge is 0.389 e. The number of hydrogen-bond acceptors (Lipinski definition) is 5. The van der Waals surface area contributed by atoms with Crippen molar-refractivity contribution in [1.29, 1.82) is 0 Å². The highest BCUT2D eigenvalue weighted by Crippen LogP contribution is 2.47. The fourth-order valence-electron chi connectivity index (χ4n) is 0.955. The summed E-state index contributed by atoms with van der Waals surface area (Å²) in [6.45, 7) is 6.13. The van der Waals surface area contributed by atoms with Crippen molar-refractivity contribution in [2.45, 2.75) is 20.8 Å². The van der Waals surface area contributed by atoms with Gasteiger partial charge in [0.2, 0.25) is 4.75 Å². The monoisotopic (exact) mass is 235 g/mol. The van der Waals surface area contributed by atoms with Crippen molar-refractivity contribution >= 4 is 23.7 Å². The van der Waals surface area contributed by atoms with Crippen LogP contribution in [0.2, 0.25) is 0 Å². The lowest BCUT2D eigenvalue weighted by Crippen LogP contribution is -2.09. The number of aromatic nitrogens is 1. The van der Waals surface area contributed by atoms with Crippen LogP contribution in [-0.4, -0.2) is 18.2 Å². The molecule has 0 aliphatic heterocycles. The third kappa shape index (κ3) is 2.64. The second-order valence-electron chi connectivity index (χ2n) is 2.60. The molecule has 4 nitrogen and oxygen atoms in total. The molecule has 0 amide bonds. The molecule has 6 heteroatoms. The van der Waals surface area contributed by atoms with E-state index in [0.29, 0.717) is 18.0 Å². The van der Waals surface area contributed by atoms with Crippen molar-refractivity contribution in [3.63, 3.8) is 0 Å². The van der Waals surface area contributed by atoms with Gasteiger partial charge in [-0.2, -0.15) is 0 Å². The van der Waals surface area contributed by atoms with Crippen LogP contribution in [0, 0.1) is 6.92 Å². The molecular weight excluding hydrogens is 221 g/mol. The summed E-state index contributed by atoms with van der Waals surface area (Å²) in [7, 11) is -3.14. The molecule has 0 aromatic carbocycles. The zero-order chi connectivity index (χ0) is 10.6. The summed E-state index contributed by atoms with van der Waals surface area (Å²) in [5.41, 5.74) is 0.838. The molecule has 1 rings (SSSR count). The Balaban J connectivity index is 2.93. The van der Waals surface area contributed by atoms with Crippen molar-refractivity contribution in [3.05, 3.63) is 11.1 Å². The maximum Gasteiger partial charge on any atom is 0.389 e. The summed E-state index contributed by atoms with van der Waals surface area (Å²) < 4.78 is 22.9. The van der Waals surface area contributed by atoms with E-state index in [-0.39, 0.29) is 0 Å². The summed E-state index contributed by atoms with van der Waals surface area (Å²) in [6.07, 6.45) is 0. The van der Waals surface area contributed by atoms with Crippen LogP contribution in [0.5, 0.6) is 0 Å². The van der Waals surface area contributed by atoms with Gasteiger partial charge in [0.05, 0.1) is 13.2 Å². The standard InChI is InChI=1S/C8H14NO3PS/c1-4-11-13(10,12-5-2)8-9-7(3)6-14-8/h6H,4-5H2,1-3H3. The van der Waals surface area contributed by atoms with Gasteiger partial charge in [-0.3, -0.25) is 4.57 Å². The van der Waals surface area contributed by atoms with Crippen LogP contribution in [0.1, 0.15) is 19.5 Å². The molecule has 1 aromatic heterocycles. The summed E-state index contributed by atoms with van der Waals surface area (Å²) in [6, 6.07) is 0. The van der Waals surface area contributed by atoms with Crippen LogP contribution >= 0.6 is 18.9 Å². The first-order valence-corrected chi connectivity index (χ1v) is 6.86. The van der Waals surface area contributed by atoms with E-state index in [1.807, 2.05) is 12.3 Å². The third-order valence-electron chi connectivity index (χ3n) is 1.44. The average molecular weight is 235 g/mol. The van der Waals surface area contributed by atoms with Crippen molar-refractivity contribution in [2.75, 3.05) is 13.2 Å². The summed E-state index contributed by atoms with van der Waals surface area (Å²) >= 11 is 1.31. The lowest BCUT2D eigenvalue weighted by Gasteiger charge is -2.13. The fraction of sp³-hybridized carbons (Fsp3) is 0.625. The minimum atomic E-state index is -3.14. The Morgan fingerprint density at radius 1 is 1.43 bits per heavy atom. The van der Waals surface area contributed by atoms with Gasteiger partial charge in [0, 0.05) is 11.1 Å². The van der Waals surface area contributed by atoms with Gasteiger partial charge < -0.3 is 9.05 Å². The molecule has 14 heavy (non-hydrogen) atoms. The quantitative estimate of drug-likeness (QED) is 0.735. The van der Waals surface area contributed by atoms with E-state index in [1.165, 1.54) is 11.3 Å². The zero-order valence-corrected chi connectivity index (χ0v) is 10.2. The molecule has 0 bridgehead atoms. The number of hydrogen-bond donors (Lipinski definition) is 0. The molecule has 0 aliphatic rings. The lowest BCUT2D eigenvalue weighted by molar-refractivity contribution is 0.230. The molecular formula is C8H14NO3PS. The Bertz CT molecular complexity index is 329. The van der Waals surface area contributed by atoms with Crippen molar-refractivity contribution in [3.8, 4) is 0 Å². The van der Waals surface area contributed by atoms with Gasteiger partial charge in [-0.25, -0.2) is 4.98 Å². The van der Waals surface area contributed by atoms with Crippen LogP contribution in [-0.2, 0) is 13.6 Å². The Hall–Kier alpha value is -0.220. The minimum Gasteiger partial charge on any atom is -0.304 e. The van der Waals surface area contributed by atoms with Gasteiger partial charge in [-0.05, 0) is 20.8 Å². The summed E-state index contributed by atoms with van der Waals surface area (Å²) in [5.74, 6) is 0. The molecule has 1 aromatic rings. The third-order valence-corrected chi connectivity index (χ3v) is 4.95. The van der Waals surface area contributed by atoms with Crippen LogP contribution in [0.3, 0.4) is 0 Å². The predicted octanol–water partition coefficient (Wildman–Crippen LogP) is 2.34. The molecule has 0 atom stereocenters. The normalized spacial score (nSPS) is 11.9. The van der Waals surface area contributed by atoms with E-state index >= 15 is 0 Å². The van der Waals surface area contributed by atoms with E-state index < -0.39 is 7.60 Å². The molecule has 0 saturated carbocycles. The topological polar surface area (TPSA) is 48.4 Å². The Morgan fingerprint density at radius 3 is 2.36 bits per heavy atom. The number of aryl methyl sites for hydroxylation is 1. The maximum atomic E-state index is 12.1. The summed E-state index contributed by atoms with van der Waals surface area (Å²) in [4.78, 5) is 4.13. The van der Waals surface area contributed by atoms with E-state index in [4.69, 9.17) is 9.05 Å². The van der Waals surface area contributed by atoms with Gasteiger partial charge >= 0.3 is 7.60 Å². The highest BCUT2D eigenvalue weighted by Gasteiger charge is 2.30. The van der Waals surface area contributed by atoms with Crippen molar-refractivity contribution < 1.29 is 13.6 Å². The van der Waals surface area contributed by atoms with Crippen molar-refractivity contribution in [1.82, 2.24) is 4.98 Å². The maximum absolute atomic E-state index is 12.1. The Morgan fingerprint density at radius 2 is 2.00 bits per heavy atom. The first-order chi connectivity index (χ1) is 6.62. The van der Waals surface area contributed by atoms with Crippen LogP contribution < -0.4 is 4.75 Å². The highest BCUT2D eigenvalue weighted by molar-refractivity contribution is 7.68. The van der Waals surface area contributed by atoms with E-state index in [9.17, 15) is 4.57 Å². The molecule has 0 N–H and O–H groups in total. The smallest absolute Gasteiger partial charge is 0.304 e. The lowest BCUT2D eigenvalue weighted by atomic mass is 10.6. The van der Waals surface area contributed by atoms with Gasteiger partial charge in [0.1, 0.15) is 0 Å². The minimum absolute atomic E-state index is 0.357. The van der Waals surface area contributed by atoms with E-state index in [0.717, 1.165) is 5.69 Å². The van der Waals surface area contributed by atoms with Crippen LogP contribution in [0.4, 0.5) is 0 Å². The molecule has 0 aliphatic carbocycles. The van der Waals surface area contributed by atoms with Crippen LogP contribution in [0.25, 0.3) is 0 Å². The molecule has 0 radical (unpaired) electrons. The summed E-state index contributed by atoms with van der Waals surface area (Å²) in [5, 5.41) is 1.83. The molecule has 0 saturated heterocycles. The SMILES string of the molecule is CCOP(=O)(OCC)c1nc(C)cs1. The molecule has 80 valence electrons. The van der Waals surface area contributed by atoms with Crippen molar-refractivity contribution in [2.24, 2.45) is 0 Å². The fourth-order valence-corrected chi connectivity index (χ4v) is 3.73. The van der Waals surface area contributed by atoms with Gasteiger partial charge in [0.15, 0.2) is 0 Å². The molecule has 0 spiro atoms. The Labute approximate surface area is 87.8 Å². The Kier molecular flexibility index (Phi) is 4.26. The van der Waals surface area contributed by atoms with Gasteiger partial charge in [0.25, 0.3) is 0 Å². The van der Waals surface area contributed by atoms with Crippen LogP contribution in [0.15, 0.2) is 5.38 Å². The first kappa shape index (κ1) is 11.9. The van der Waals surface area contributed by atoms with Gasteiger partial charge in [-0.1, -0.05) is 0 Å². The van der Waals surface area contributed by atoms with E-state index in [2.05, 4.69) is 4.98 Å². The molecule has 1 heterocycles. The number of thiazole rings is 1. The zero-order valence-electron chi connectivity index (χ0n) is 8.52. The first-order valence-electron chi connectivity index (χ1n) is 4.44. The number of nitrogens with zero attached hydrogens (tertiary/aromatic N) is 1. The van der Waals surface area contributed by atoms with E-state index in [1.54, 1.807) is 13.8 Å². The second-order valence-corrected chi connectivity index (χ2v) is 5.70. The second kappa shape index (κ2) is 5.03. The van der Waals surface area contributed by atoms with Gasteiger partial charge in [-0.15, -0.1) is 11.3 Å². The molecule has 0 unspecified atom stereocenters. The average Bonchev–Trinajstić information content (AvgIpc) is 2.53. The predicted molar refractivity (Wildman–Crippen MR) is 57.3 cm³/mol.